The molecule has 0 aromatic heterocycles. The Morgan fingerprint density at radius 3 is 2.56 bits per heavy atom. The number of rotatable bonds is 3. The molecule has 3 N–H and O–H groups in total. The van der Waals surface area contributed by atoms with Gasteiger partial charge in [0.05, 0.1) is 5.69 Å². The summed E-state index contributed by atoms with van der Waals surface area (Å²) in [6.45, 7) is 1.50. The SMILES string of the molecule is CC(=O)c1cccc(Nc2ccc(N)c(F)c2)c1. The highest BCUT2D eigenvalue weighted by molar-refractivity contribution is 5.95. The van der Waals surface area contributed by atoms with Crippen LogP contribution in [0.3, 0.4) is 0 Å². The van der Waals surface area contributed by atoms with Crippen molar-refractivity contribution in [1.29, 1.82) is 0 Å². The quantitative estimate of drug-likeness (QED) is 0.643. The molecule has 0 unspecified atom stereocenters. The standard InChI is InChI=1S/C14H13FN2O/c1-9(18)10-3-2-4-11(7-10)17-12-5-6-14(16)13(15)8-12/h2-8,17H,16H2,1H3. The Bertz CT molecular complexity index is 596. The Kier molecular flexibility index (Phi) is 3.28. The molecule has 2 aromatic rings. The lowest BCUT2D eigenvalue weighted by Gasteiger charge is -2.08. The van der Waals surface area contributed by atoms with Gasteiger partial charge in [-0.15, -0.1) is 0 Å². The molecule has 2 aromatic carbocycles. The molecule has 92 valence electrons. The molecular formula is C14H13FN2O. The Morgan fingerprint density at radius 1 is 1.17 bits per heavy atom. The van der Waals surface area contributed by atoms with Crippen molar-refractivity contribution >= 4 is 22.8 Å². The zero-order valence-corrected chi connectivity index (χ0v) is 9.91. The van der Waals surface area contributed by atoms with Gasteiger partial charge in [0, 0.05) is 16.9 Å². The van der Waals surface area contributed by atoms with E-state index in [0.717, 1.165) is 5.69 Å². The second-order valence-electron chi connectivity index (χ2n) is 4.00. The summed E-state index contributed by atoms with van der Waals surface area (Å²) in [7, 11) is 0. The first-order chi connectivity index (χ1) is 8.56. The number of benzene rings is 2. The van der Waals surface area contributed by atoms with E-state index >= 15 is 0 Å². The van der Waals surface area contributed by atoms with Gasteiger partial charge in [0.15, 0.2) is 5.78 Å². The molecule has 0 aliphatic heterocycles. The Hall–Kier alpha value is -2.36. The Labute approximate surface area is 104 Å². The number of Topliss-reactive ketones (excluding diaryl/α,β-unsaturated/α-hetero) is 1. The number of carbonyl (C=O) groups excluding carboxylic acids is 1. The van der Waals surface area contributed by atoms with Crippen molar-refractivity contribution in [3.63, 3.8) is 0 Å². The number of ketones is 1. The van der Waals surface area contributed by atoms with Crippen LogP contribution in [0.1, 0.15) is 17.3 Å². The van der Waals surface area contributed by atoms with E-state index in [1.807, 2.05) is 0 Å². The molecule has 0 radical (unpaired) electrons. The molecule has 18 heavy (non-hydrogen) atoms. The Morgan fingerprint density at radius 2 is 1.89 bits per heavy atom. The number of halogens is 1. The van der Waals surface area contributed by atoms with Gasteiger partial charge in [0.2, 0.25) is 0 Å². The van der Waals surface area contributed by atoms with E-state index in [2.05, 4.69) is 5.32 Å². The van der Waals surface area contributed by atoms with E-state index in [-0.39, 0.29) is 11.5 Å². The van der Waals surface area contributed by atoms with Gasteiger partial charge in [-0.05, 0) is 37.3 Å². The van der Waals surface area contributed by atoms with Gasteiger partial charge in [-0.1, -0.05) is 12.1 Å². The lowest BCUT2D eigenvalue weighted by atomic mass is 10.1. The van der Waals surface area contributed by atoms with Crippen LogP contribution < -0.4 is 11.1 Å². The molecule has 4 heteroatoms. The molecule has 0 spiro atoms. The predicted molar refractivity (Wildman–Crippen MR) is 70.5 cm³/mol. The van der Waals surface area contributed by atoms with Crippen molar-refractivity contribution in [3.05, 3.63) is 53.8 Å². The topological polar surface area (TPSA) is 55.1 Å². The van der Waals surface area contributed by atoms with Gasteiger partial charge >= 0.3 is 0 Å². The lowest BCUT2D eigenvalue weighted by molar-refractivity contribution is 0.101. The minimum absolute atomic E-state index is 0.0119. The van der Waals surface area contributed by atoms with Gasteiger partial charge in [-0.3, -0.25) is 4.79 Å². The van der Waals surface area contributed by atoms with Gasteiger partial charge < -0.3 is 11.1 Å². The summed E-state index contributed by atoms with van der Waals surface area (Å²) in [6, 6.07) is 11.5. The first kappa shape index (κ1) is 12.1. The van der Waals surface area contributed by atoms with Crippen LogP contribution in [-0.4, -0.2) is 5.78 Å². The minimum Gasteiger partial charge on any atom is -0.396 e. The zero-order chi connectivity index (χ0) is 13.1. The Balaban J connectivity index is 2.25. The summed E-state index contributed by atoms with van der Waals surface area (Å²) in [4.78, 5) is 11.2. The van der Waals surface area contributed by atoms with Crippen LogP contribution in [-0.2, 0) is 0 Å². The van der Waals surface area contributed by atoms with Crippen LogP contribution in [0.2, 0.25) is 0 Å². The van der Waals surface area contributed by atoms with Crippen LogP contribution in [0.25, 0.3) is 0 Å². The maximum atomic E-state index is 13.3. The highest BCUT2D eigenvalue weighted by Gasteiger charge is 2.03. The number of carbonyl (C=O) groups is 1. The van der Waals surface area contributed by atoms with E-state index in [1.54, 1.807) is 30.3 Å². The molecule has 0 amide bonds. The van der Waals surface area contributed by atoms with Gasteiger partial charge in [-0.2, -0.15) is 0 Å². The van der Waals surface area contributed by atoms with E-state index in [0.29, 0.717) is 11.3 Å². The average Bonchev–Trinajstić information content (AvgIpc) is 2.34. The van der Waals surface area contributed by atoms with Gasteiger partial charge in [0.1, 0.15) is 5.82 Å². The normalized spacial score (nSPS) is 10.1. The lowest BCUT2D eigenvalue weighted by Crippen LogP contribution is -1.97. The largest absolute Gasteiger partial charge is 0.396 e. The molecular weight excluding hydrogens is 231 g/mol. The maximum absolute atomic E-state index is 13.3. The van der Waals surface area contributed by atoms with Crippen LogP contribution >= 0.6 is 0 Å². The molecule has 0 aliphatic carbocycles. The van der Waals surface area contributed by atoms with Crippen LogP contribution in [0.4, 0.5) is 21.5 Å². The highest BCUT2D eigenvalue weighted by atomic mass is 19.1. The second kappa shape index (κ2) is 4.87. The average molecular weight is 244 g/mol. The summed E-state index contributed by atoms with van der Waals surface area (Å²) >= 11 is 0. The number of hydrogen-bond donors (Lipinski definition) is 2. The number of nitrogens with one attached hydrogen (secondary N) is 1. The molecule has 0 atom stereocenters. The monoisotopic (exact) mass is 244 g/mol. The molecule has 0 saturated heterocycles. The fourth-order valence-electron chi connectivity index (χ4n) is 1.59. The first-order valence-electron chi connectivity index (χ1n) is 5.49. The summed E-state index contributed by atoms with van der Waals surface area (Å²) in [5, 5.41) is 3.02. The maximum Gasteiger partial charge on any atom is 0.159 e. The van der Waals surface area contributed by atoms with Crippen molar-refractivity contribution in [2.24, 2.45) is 0 Å². The second-order valence-corrected chi connectivity index (χ2v) is 4.00. The third-order valence-electron chi connectivity index (χ3n) is 2.56. The van der Waals surface area contributed by atoms with Gasteiger partial charge in [0.25, 0.3) is 0 Å². The smallest absolute Gasteiger partial charge is 0.159 e. The van der Waals surface area contributed by atoms with Crippen molar-refractivity contribution in [2.45, 2.75) is 6.92 Å². The molecule has 0 fully saturated rings. The molecule has 0 heterocycles. The van der Waals surface area contributed by atoms with Crippen LogP contribution in [0, 0.1) is 5.82 Å². The molecule has 0 saturated carbocycles. The third kappa shape index (κ3) is 2.66. The van der Waals surface area contributed by atoms with Crippen molar-refractivity contribution in [3.8, 4) is 0 Å². The third-order valence-corrected chi connectivity index (χ3v) is 2.56. The first-order valence-corrected chi connectivity index (χ1v) is 5.49. The fraction of sp³-hybridized carbons (Fsp3) is 0.0714. The molecule has 3 nitrogen and oxygen atoms in total. The van der Waals surface area contributed by atoms with E-state index < -0.39 is 5.82 Å². The molecule has 0 bridgehead atoms. The molecule has 2 rings (SSSR count). The zero-order valence-electron chi connectivity index (χ0n) is 9.91. The summed E-state index contributed by atoms with van der Waals surface area (Å²) < 4.78 is 13.3. The van der Waals surface area contributed by atoms with E-state index in [4.69, 9.17) is 5.73 Å². The fourth-order valence-corrected chi connectivity index (χ4v) is 1.59. The van der Waals surface area contributed by atoms with Crippen LogP contribution in [0.5, 0.6) is 0 Å². The van der Waals surface area contributed by atoms with Crippen molar-refractivity contribution < 1.29 is 9.18 Å². The predicted octanol–water partition coefficient (Wildman–Crippen LogP) is 3.35. The number of nitrogens with two attached hydrogens (primary N) is 1. The highest BCUT2D eigenvalue weighted by Crippen LogP contribution is 2.21. The minimum atomic E-state index is -0.470. The molecule has 0 aliphatic rings. The summed E-state index contributed by atoms with van der Waals surface area (Å²) in [5.74, 6) is -0.482. The van der Waals surface area contributed by atoms with E-state index in [9.17, 15) is 9.18 Å². The number of nitrogen functional groups attached to an aromatic ring is 1. The van der Waals surface area contributed by atoms with Crippen LogP contribution in [0.15, 0.2) is 42.5 Å². The van der Waals surface area contributed by atoms with E-state index in [1.165, 1.54) is 19.1 Å². The summed E-state index contributed by atoms with van der Waals surface area (Å²) in [5.41, 5.74) is 7.43. The van der Waals surface area contributed by atoms with Gasteiger partial charge in [-0.25, -0.2) is 4.39 Å². The van der Waals surface area contributed by atoms with Crippen molar-refractivity contribution in [1.82, 2.24) is 0 Å². The number of anilines is 3. The summed E-state index contributed by atoms with van der Waals surface area (Å²) in [6.07, 6.45) is 0. The van der Waals surface area contributed by atoms with Crippen molar-refractivity contribution in [2.75, 3.05) is 11.1 Å². The number of hydrogen-bond acceptors (Lipinski definition) is 3.